The summed E-state index contributed by atoms with van der Waals surface area (Å²) in [5, 5.41) is 5.09. The zero-order valence-electron chi connectivity index (χ0n) is 20.0. The standard InChI is InChI=1S/C26H28FN4O3P/c1-16-14-30(15-28-16)23-6-5-18(11-24(23)33-3)22-13-26(34-29-22)7-4-8-31(25(26)32)17(2)19-9-20(27)12-21(35)10-19/h5-6,9-12,14-15,17H,4,7-8,13,35H2,1-3H3. The fourth-order valence-corrected chi connectivity index (χ4v) is 5.29. The summed E-state index contributed by atoms with van der Waals surface area (Å²) in [5.74, 6) is 0.250. The van der Waals surface area contributed by atoms with Crippen molar-refractivity contribution in [2.45, 2.75) is 44.8 Å². The third-order valence-corrected chi connectivity index (χ3v) is 7.14. The third kappa shape index (κ3) is 4.31. The Hall–Kier alpha value is -3.25. The van der Waals surface area contributed by atoms with Gasteiger partial charge in [-0.05, 0) is 61.5 Å². The molecule has 9 heteroatoms. The lowest BCUT2D eigenvalue weighted by molar-refractivity contribution is -0.164. The molecule has 1 amide bonds. The van der Waals surface area contributed by atoms with E-state index in [1.807, 2.05) is 48.9 Å². The molecule has 3 aromatic rings. The van der Waals surface area contributed by atoms with Crippen molar-refractivity contribution in [3.8, 4) is 11.4 Å². The number of oxime groups is 1. The molecule has 0 bridgehead atoms. The number of halogens is 1. The van der Waals surface area contributed by atoms with Gasteiger partial charge in [0.25, 0.3) is 5.91 Å². The Morgan fingerprint density at radius 2 is 2.09 bits per heavy atom. The quantitative estimate of drug-likeness (QED) is 0.502. The topological polar surface area (TPSA) is 69.0 Å². The Morgan fingerprint density at radius 3 is 2.80 bits per heavy atom. The monoisotopic (exact) mass is 494 g/mol. The van der Waals surface area contributed by atoms with Crippen LogP contribution in [0.3, 0.4) is 0 Å². The van der Waals surface area contributed by atoms with Gasteiger partial charge >= 0.3 is 0 Å². The summed E-state index contributed by atoms with van der Waals surface area (Å²) in [4.78, 5) is 25.6. The van der Waals surface area contributed by atoms with E-state index in [0.717, 1.165) is 34.2 Å². The summed E-state index contributed by atoms with van der Waals surface area (Å²) in [6.45, 7) is 4.45. The van der Waals surface area contributed by atoms with Crippen molar-refractivity contribution in [2.24, 2.45) is 5.16 Å². The molecule has 0 radical (unpaired) electrons. The molecular weight excluding hydrogens is 466 g/mol. The van der Waals surface area contributed by atoms with Gasteiger partial charge < -0.3 is 19.0 Å². The number of aryl methyl sites for hydroxylation is 1. The predicted molar refractivity (Wildman–Crippen MR) is 135 cm³/mol. The van der Waals surface area contributed by atoms with E-state index in [1.165, 1.54) is 12.1 Å². The van der Waals surface area contributed by atoms with Gasteiger partial charge in [0.15, 0.2) is 0 Å². The fourth-order valence-electron chi connectivity index (χ4n) is 4.94. The molecular formula is C26H28FN4O3P. The van der Waals surface area contributed by atoms with Gasteiger partial charge in [0.2, 0.25) is 5.60 Å². The van der Waals surface area contributed by atoms with Gasteiger partial charge in [-0.2, -0.15) is 0 Å². The van der Waals surface area contributed by atoms with Crippen molar-refractivity contribution in [3.63, 3.8) is 0 Å². The number of imidazole rings is 1. The molecule has 7 nitrogen and oxygen atoms in total. The van der Waals surface area contributed by atoms with E-state index >= 15 is 0 Å². The highest BCUT2D eigenvalue weighted by Gasteiger charge is 2.51. The van der Waals surface area contributed by atoms with Crippen molar-refractivity contribution in [1.29, 1.82) is 0 Å². The molecule has 1 aromatic heterocycles. The van der Waals surface area contributed by atoms with E-state index in [1.54, 1.807) is 18.3 Å². The average Bonchev–Trinajstić information content (AvgIpc) is 3.46. The van der Waals surface area contributed by atoms with E-state index < -0.39 is 5.60 Å². The fraction of sp³-hybridized carbons (Fsp3) is 0.346. The van der Waals surface area contributed by atoms with Gasteiger partial charge in [0.05, 0.1) is 36.6 Å². The number of methoxy groups -OCH3 is 1. The smallest absolute Gasteiger partial charge is 0.270 e. The van der Waals surface area contributed by atoms with Crippen LogP contribution in [0.4, 0.5) is 4.39 Å². The zero-order valence-corrected chi connectivity index (χ0v) is 21.1. The second-order valence-electron chi connectivity index (χ2n) is 9.21. The van der Waals surface area contributed by atoms with E-state index in [2.05, 4.69) is 19.4 Å². The van der Waals surface area contributed by atoms with Gasteiger partial charge in [-0.15, -0.1) is 9.24 Å². The number of hydrogen-bond acceptors (Lipinski definition) is 5. The summed E-state index contributed by atoms with van der Waals surface area (Å²) in [5.41, 5.74) is 3.05. The number of ether oxygens (including phenoxy) is 1. The van der Waals surface area contributed by atoms with Gasteiger partial charge in [-0.25, -0.2) is 9.37 Å². The highest BCUT2D eigenvalue weighted by Crippen LogP contribution is 2.39. The first-order chi connectivity index (χ1) is 16.8. The Labute approximate surface area is 206 Å². The van der Waals surface area contributed by atoms with Crippen LogP contribution in [-0.2, 0) is 9.63 Å². The first kappa shape index (κ1) is 23.5. The molecule has 1 spiro atoms. The normalized spacial score (nSPS) is 20.7. The largest absolute Gasteiger partial charge is 0.495 e. The number of nitrogens with zero attached hydrogens (tertiary/aromatic N) is 4. The maximum atomic E-state index is 14.0. The van der Waals surface area contributed by atoms with Gasteiger partial charge in [-0.3, -0.25) is 4.79 Å². The lowest BCUT2D eigenvalue weighted by atomic mass is 9.84. The number of amides is 1. The second kappa shape index (κ2) is 9.08. The van der Waals surface area contributed by atoms with Crippen LogP contribution < -0.4 is 10.0 Å². The highest BCUT2D eigenvalue weighted by molar-refractivity contribution is 7.27. The molecule has 2 aliphatic rings. The summed E-state index contributed by atoms with van der Waals surface area (Å²) in [6, 6.07) is 10.4. The summed E-state index contributed by atoms with van der Waals surface area (Å²) >= 11 is 0. The molecule has 0 N–H and O–H groups in total. The molecule has 0 saturated carbocycles. The molecule has 1 saturated heterocycles. The lowest BCUT2D eigenvalue weighted by Crippen LogP contribution is -2.54. The van der Waals surface area contributed by atoms with Crippen LogP contribution in [0.2, 0.25) is 0 Å². The number of carbonyl (C=O) groups excluding carboxylic acids is 1. The predicted octanol–water partition coefficient (Wildman–Crippen LogP) is 4.08. The van der Waals surface area contributed by atoms with Crippen molar-refractivity contribution < 1.29 is 18.8 Å². The average molecular weight is 495 g/mol. The van der Waals surface area contributed by atoms with Crippen molar-refractivity contribution in [2.75, 3.05) is 13.7 Å². The maximum Gasteiger partial charge on any atom is 0.270 e. The van der Waals surface area contributed by atoms with Crippen LogP contribution in [0.25, 0.3) is 5.69 Å². The molecule has 3 unspecified atom stereocenters. The number of benzene rings is 2. The van der Waals surface area contributed by atoms with Crippen LogP contribution in [0.5, 0.6) is 5.75 Å². The maximum absolute atomic E-state index is 14.0. The zero-order chi connectivity index (χ0) is 24.7. The minimum Gasteiger partial charge on any atom is -0.495 e. The number of likely N-dealkylation sites (tertiary alicyclic amines) is 1. The second-order valence-corrected chi connectivity index (χ2v) is 9.87. The molecule has 3 atom stereocenters. The van der Waals surface area contributed by atoms with Crippen molar-refractivity contribution >= 4 is 26.2 Å². The SMILES string of the molecule is COc1cc(C2=NOC3(CCCN(C(C)c4cc(F)cc(P)c4)C3=O)C2)ccc1-n1cnc(C)c1. The van der Waals surface area contributed by atoms with Crippen LogP contribution in [0.15, 0.2) is 54.1 Å². The minimum absolute atomic E-state index is 0.109. The van der Waals surface area contributed by atoms with E-state index in [9.17, 15) is 9.18 Å². The molecule has 35 heavy (non-hydrogen) atoms. The van der Waals surface area contributed by atoms with Crippen molar-refractivity contribution in [1.82, 2.24) is 14.5 Å². The summed E-state index contributed by atoms with van der Waals surface area (Å²) < 4.78 is 21.5. The molecule has 2 aromatic carbocycles. The van der Waals surface area contributed by atoms with E-state index in [-0.39, 0.29) is 17.8 Å². The Bertz CT molecular complexity index is 1300. The molecule has 182 valence electrons. The Balaban J connectivity index is 1.38. The molecule has 1 fully saturated rings. The van der Waals surface area contributed by atoms with Gasteiger partial charge in [0, 0.05) is 31.1 Å². The van der Waals surface area contributed by atoms with Crippen LogP contribution in [-0.4, -0.2) is 45.3 Å². The van der Waals surface area contributed by atoms with Gasteiger partial charge in [-0.1, -0.05) is 11.2 Å². The van der Waals surface area contributed by atoms with Crippen LogP contribution >= 0.6 is 9.24 Å². The number of piperidine rings is 1. The van der Waals surface area contributed by atoms with Crippen LogP contribution in [0.1, 0.15) is 49.0 Å². The lowest BCUT2D eigenvalue weighted by Gasteiger charge is -2.40. The Kier molecular flexibility index (Phi) is 6.09. The van der Waals surface area contributed by atoms with E-state index in [4.69, 9.17) is 9.57 Å². The van der Waals surface area contributed by atoms with E-state index in [0.29, 0.717) is 30.8 Å². The number of carbonyl (C=O) groups is 1. The molecule has 0 aliphatic carbocycles. The number of aromatic nitrogens is 2. The molecule has 5 rings (SSSR count). The highest BCUT2D eigenvalue weighted by atomic mass is 31.0. The Morgan fingerprint density at radius 1 is 1.26 bits per heavy atom. The molecule has 2 aliphatic heterocycles. The molecule has 3 heterocycles. The van der Waals surface area contributed by atoms with Gasteiger partial charge in [0.1, 0.15) is 11.6 Å². The van der Waals surface area contributed by atoms with Crippen molar-refractivity contribution in [3.05, 3.63) is 71.6 Å². The number of rotatable bonds is 5. The first-order valence-corrected chi connectivity index (χ1v) is 12.2. The first-order valence-electron chi connectivity index (χ1n) is 11.6. The minimum atomic E-state index is -1.04. The summed E-state index contributed by atoms with van der Waals surface area (Å²) in [7, 11) is 4.14. The summed E-state index contributed by atoms with van der Waals surface area (Å²) in [6.07, 6.45) is 5.42. The number of hydrogen-bond donors (Lipinski definition) is 0. The van der Waals surface area contributed by atoms with Crippen LogP contribution in [0, 0.1) is 12.7 Å². The third-order valence-electron chi connectivity index (χ3n) is 6.81.